The molecular formula is C37H66O6Si2. The molecule has 258 valence electrons. The van der Waals surface area contributed by atoms with Crippen LogP contribution in [-0.2, 0) is 27.9 Å². The number of fused-ring (bicyclic) bond motifs is 1. The van der Waals surface area contributed by atoms with Crippen molar-refractivity contribution in [2.24, 2.45) is 29.6 Å². The Balaban J connectivity index is 2.53. The number of hydrogen-bond acceptors (Lipinski definition) is 6. The van der Waals surface area contributed by atoms with Gasteiger partial charge < -0.3 is 18.3 Å². The average molecular weight is 663 g/mol. The lowest BCUT2D eigenvalue weighted by molar-refractivity contribution is -0.158. The molecule has 45 heavy (non-hydrogen) atoms. The van der Waals surface area contributed by atoms with Crippen LogP contribution in [0, 0.1) is 29.6 Å². The van der Waals surface area contributed by atoms with Crippen LogP contribution in [-0.4, -0.2) is 47.9 Å². The van der Waals surface area contributed by atoms with E-state index in [1.54, 1.807) is 0 Å². The summed E-state index contributed by atoms with van der Waals surface area (Å²) in [5.41, 5.74) is 1.29. The van der Waals surface area contributed by atoms with Crippen molar-refractivity contribution in [2.75, 3.05) is 7.11 Å². The van der Waals surface area contributed by atoms with Gasteiger partial charge in [0.2, 0.25) is 8.32 Å². The van der Waals surface area contributed by atoms with Gasteiger partial charge in [-0.2, -0.15) is 0 Å². The monoisotopic (exact) mass is 662 g/mol. The molecule has 0 aromatic carbocycles. The fourth-order valence-electron chi connectivity index (χ4n) is 6.49. The zero-order valence-corrected chi connectivity index (χ0v) is 33.0. The molecule has 0 radical (unpaired) electrons. The van der Waals surface area contributed by atoms with E-state index >= 15 is 0 Å². The van der Waals surface area contributed by atoms with Gasteiger partial charge in [0.25, 0.3) is 0 Å². The Morgan fingerprint density at radius 3 is 2.20 bits per heavy atom. The summed E-state index contributed by atoms with van der Waals surface area (Å²) in [6.45, 7) is 26.4. The summed E-state index contributed by atoms with van der Waals surface area (Å²) in [5, 5.41) is 0.00725. The van der Waals surface area contributed by atoms with Crippen molar-refractivity contribution in [1.29, 1.82) is 0 Å². The van der Waals surface area contributed by atoms with E-state index in [0.717, 1.165) is 43.2 Å². The van der Waals surface area contributed by atoms with Crippen molar-refractivity contribution in [3.63, 3.8) is 0 Å². The van der Waals surface area contributed by atoms with E-state index in [2.05, 4.69) is 92.8 Å². The van der Waals surface area contributed by atoms with Gasteiger partial charge in [0, 0.05) is 12.3 Å². The SMILES string of the molecule is CC[C@H](C)C(=O)O[C@H]1C[C@H](C)C=C2C=C[C@H](C)[C@H](C/C=C(\C[C@H](CC(=O)OC)O[Si](C)(C)C(C)(C)C)O[Si](CC)(CC)CC)[C@H]21. The highest BCUT2D eigenvalue weighted by Gasteiger charge is 2.43. The summed E-state index contributed by atoms with van der Waals surface area (Å²) in [4.78, 5) is 25.6. The fraction of sp³-hybridized carbons (Fsp3) is 0.784. The van der Waals surface area contributed by atoms with Gasteiger partial charge in [-0.15, -0.1) is 0 Å². The molecule has 0 aromatic heterocycles. The van der Waals surface area contributed by atoms with Crippen LogP contribution in [0.25, 0.3) is 0 Å². The normalized spacial score (nSPS) is 25.6. The predicted octanol–water partition coefficient (Wildman–Crippen LogP) is 9.99. The first kappa shape index (κ1) is 39.5. The highest BCUT2D eigenvalue weighted by atomic mass is 28.4. The van der Waals surface area contributed by atoms with Crippen LogP contribution in [0.15, 0.2) is 35.6 Å². The molecule has 0 fully saturated rings. The minimum absolute atomic E-state index is 0.00725. The molecule has 0 amide bonds. The molecule has 0 spiro atoms. The van der Waals surface area contributed by atoms with Gasteiger partial charge in [-0.25, -0.2) is 0 Å². The molecule has 0 saturated carbocycles. The van der Waals surface area contributed by atoms with Crippen molar-refractivity contribution in [3.8, 4) is 0 Å². The number of ether oxygens (including phenoxy) is 2. The zero-order valence-electron chi connectivity index (χ0n) is 31.0. The largest absolute Gasteiger partial charge is 0.547 e. The summed E-state index contributed by atoms with van der Waals surface area (Å²) >= 11 is 0. The smallest absolute Gasteiger partial charge is 0.308 e. The standard InChI is InChI=1S/C37H66O6Si2/c1-14-27(6)36(39)41-33-23-26(5)22-29-19-18-28(7)32(35(29)33)21-20-30(43-45(15-2,16-3)17-4)24-31(25-34(38)40-11)42-44(12,13)37(8,9)10/h18-20,22,26-28,31-33,35H,14-17,21,23-25H2,1-13H3/b30-20+/t26-,27+,28+,31-,32+,33+,35+/m1/s1. The van der Waals surface area contributed by atoms with Crippen LogP contribution in [0.3, 0.4) is 0 Å². The Morgan fingerprint density at radius 1 is 1.04 bits per heavy atom. The Labute approximate surface area is 278 Å². The summed E-state index contributed by atoms with van der Waals surface area (Å²) in [6.07, 6.45) is 12.0. The third-order valence-electron chi connectivity index (χ3n) is 11.1. The molecule has 0 saturated heterocycles. The molecule has 2 rings (SSSR count). The topological polar surface area (TPSA) is 71.1 Å². The van der Waals surface area contributed by atoms with Crippen LogP contribution < -0.4 is 0 Å². The Bertz CT molecular complexity index is 1060. The first-order chi connectivity index (χ1) is 21.0. The zero-order chi connectivity index (χ0) is 34.2. The van der Waals surface area contributed by atoms with Crippen LogP contribution in [0.5, 0.6) is 0 Å². The van der Waals surface area contributed by atoms with Gasteiger partial charge >= 0.3 is 11.9 Å². The van der Waals surface area contributed by atoms with E-state index in [1.165, 1.54) is 12.7 Å². The van der Waals surface area contributed by atoms with Gasteiger partial charge in [0.15, 0.2) is 8.32 Å². The maximum atomic E-state index is 13.0. The number of carbonyl (C=O) groups excluding carboxylic acids is 2. The summed E-state index contributed by atoms with van der Waals surface area (Å²) in [5.74, 6) is 1.59. The number of hydrogen-bond donors (Lipinski definition) is 0. The average Bonchev–Trinajstić information content (AvgIpc) is 2.97. The Morgan fingerprint density at radius 2 is 1.67 bits per heavy atom. The maximum Gasteiger partial charge on any atom is 0.308 e. The molecule has 8 heteroatoms. The molecule has 2 aliphatic rings. The summed E-state index contributed by atoms with van der Waals surface area (Å²) in [7, 11) is -2.74. The minimum Gasteiger partial charge on any atom is -0.547 e. The number of esters is 2. The molecular weight excluding hydrogens is 597 g/mol. The maximum absolute atomic E-state index is 13.0. The van der Waals surface area contributed by atoms with Crippen LogP contribution in [0.2, 0.25) is 36.3 Å². The second kappa shape index (κ2) is 17.0. The third-order valence-corrected chi connectivity index (χ3v) is 20.2. The van der Waals surface area contributed by atoms with E-state index in [0.29, 0.717) is 18.3 Å². The van der Waals surface area contributed by atoms with Crippen molar-refractivity contribution in [2.45, 2.75) is 150 Å². The third kappa shape index (κ3) is 10.7. The molecule has 0 heterocycles. The molecule has 7 atom stereocenters. The van der Waals surface area contributed by atoms with Gasteiger partial charge in [-0.3, -0.25) is 9.59 Å². The second-order valence-electron chi connectivity index (χ2n) is 15.3. The lowest BCUT2D eigenvalue weighted by Crippen LogP contribution is -2.45. The number of rotatable bonds is 16. The van der Waals surface area contributed by atoms with Crippen molar-refractivity contribution in [3.05, 3.63) is 35.6 Å². The minimum atomic E-state index is -2.18. The van der Waals surface area contributed by atoms with Gasteiger partial charge in [0.05, 0.1) is 31.3 Å². The first-order valence-electron chi connectivity index (χ1n) is 17.7. The van der Waals surface area contributed by atoms with E-state index in [9.17, 15) is 9.59 Å². The lowest BCUT2D eigenvalue weighted by atomic mass is 9.65. The molecule has 0 aliphatic heterocycles. The summed E-state index contributed by atoms with van der Waals surface area (Å²) < 4.78 is 25.4. The molecule has 0 N–H and O–H groups in total. The van der Waals surface area contributed by atoms with Gasteiger partial charge in [-0.1, -0.05) is 87.5 Å². The molecule has 2 aliphatic carbocycles. The van der Waals surface area contributed by atoms with Crippen LogP contribution in [0.4, 0.5) is 0 Å². The van der Waals surface area contributed by atoms with Crippen LogP contribution >= 0.6 is 0 Å². The molecule has 0 unspecified atom stereocenters. The molecule has 0 bridgehead atoms. The van der Waals surface area contributed by atoms with E-state index in [-0.39, 0.29) is 53.4 Å². The molecule has 6 nitrogen and oxygen atoms in total. The quantitative estimate of drug-likeness (QED) is 0.0931. The van der Waals surface area contributed by atoms with E-state index in [4.69, 9.17) is 18.3 Å². The number of allylic oxidation sites excluding steroid dienone is 4. The lowest BCUT2D eigenvalue weighted by Gasteiger charge is -2.43. The highest BCUT2D eigenvalue weighted by Crippen LogP contribution is 2.45. The highest BCUT2D eigenvalue weighted by molar-refractivity contribution is 6.74. The number of methoxy groups -OCH3 is 1. The van der Waals surface area contributed by atoms with Gasteiger partial charge in [0.1, 0.15) is 6.10 Å². The van der Waals surface area contributed by atoms with E-state index in [1.807, 2.05) is 13.8 Å². The van der Waals surface area contributed by atoms with E-state index < -0.39 is 16.6 Å². The Hall–Kier alpha value is -1.65. The number of carbonyl (C=O) groups is 2. The van der Waals surface area contributed by atoms with Gasteiger partial charge in [-0.05, 0) is 84.9 Å². The van der Waals surface area contributed by atoms with Crippen molar-refractivity contribution < 1.29 is 27.9 Å². The first-order valence-corrected chi connectivity index (χ1v) is 23.1. The predicted molar refractivity (Wildman–Crippen MR) is 191 cm³/mol. The van der Waals surface area contributed by atoms with Crippen molar-refractivity contribution >= 4 is 28.6 Å². The molecule has 0 aromatic rings. The van der Waals surface area contributed by atoms with Crippen molar-refractivity contribution in [1.82, 2.24) is 0 Å². The van der Waals surface area contributed by atoms with Crippen LogP contribution in [0.1, 0.15) is 101 Å². The Kier molecular flexibility index (Phi) is 14.9. The summed E-state index contributed by atoms with van der Waals surface area (Å²) in [6, 6.07) is 3.10. The fourth-order valence-corrected chi connectivity index (χ4v) is 10.5. The second-order valence-corrected chi connectivity index (χ2v) is 24.8.